The number of rotatable bonds is 4. The standard InChI is InChI=1S/C24H23ClF2N6O/c25-17-7-12(1-6-18(17)26)20-10-33(24(34)31-20)14-4-5-15(19(27)8-14)16-9-32(13-2-3-13)23-21(16)22(28)29-11-30-23/h1,4-8,13,16,20,30H,2-3,9-11H2,(H2,28,29)(H,31,34). The number of hydrogen-bond acceptors (Lipinski definition) is 5. The number of nitrogens with two attached hydrogens (primary N) is 1. The molecular weight excluding hydrogens is 462 g/mol. The van der Waals surface area contributed by atoms with Gasteiger partial charge in [-0.15, -0.1) is 0 Å². The van der Waals surface area contributed by atoms with Crippen molar-refractivity contribution in [3.8, 4) is 0 Å². The second kappa shape index (κ2) is 7.87. The zero-order chi connectivity index (χ0) is 23.6. The van der Waals surface area contributed by atoms with E-state index in [-0.39, 0.29) is 29.6 Å². The molecule has 0 bridgehead atoms. The summed E-state index contributed by atoms with van der Waals surface area (Å²) in [5.41, 5.74) is 8.74. The molecule has 2 amide bonds. The third-order valence-corrected chi connectivity index (χ3v) is 7.24. The molecule has 0 radical (unpaired) electrons. The molecule has 2 fully saturated rings. The van der Waals surface area contributed by atoms with Crippen LogP contribution in [0.25, 0.3) is 0 Å². The number of anilines is 1. The minimum Gasteiger partial charge on any atom is -0.384 e. The van der Waals surface area contributed by atoms with Crippen LogP contribution in [0.2, 0.25) is 5.02 Å². The highest BCUT2D eigenvalue weighted by Crippen LogP contribution is 2.43. The van der Waals surface area contributed by atoms with Crippen LogP contribution in [0, 0.1) is 11.6 Å². The van der Waals surface area contributed by atoms with E-state index in [4.69, 9.17) is 17.3 Å². The van der Waals surface area contributed by atoms with Crippen molar-refractivity contribution in [2.45, 2.75) is 30.8 Å². The van der Waals surface area contributed by atoms with Gasteiger partial charge in [0.15, 0.2) is 0 Å². The molecule has 2 aromatic rings. The number of amidine groups is 1. The zero-order valence-electron chi connectivity index (χ0n) is 18.2. The van der Waals surface area contributed by atoms with Crippen molar-refractivity contribution in [3.63, 3.8) is 0 Å². The number of nitrogens with one attached hydrogen (secondary N) is 2. The first kappa shape index (κ1) is 21.2. The van der Waals surface area contributed by atoms with Gasteiger partial charge in [-0.05, 0) is 48.2 Å². The molecule has 4 N–H and O–H groups in total. The van der Waals surface area contributed by atoms with E-state index in [1.54, 1.807) is 18.2 Å². The van der Waals surface area contributed by atoms with Gasteiger partial charge in [-0.3, -0.25) is 4.90 Å². The van der Waals surface area contributed by atoms with Crippen molar-refractivity contribution in [3.05, 3.63) is 75.6 Å². The highest BCUT2D eigenvalue weighted by Gasteiger charge is 2.43. The molecule has 10 heteroatoms. The minimum atomic E-state index is -0.520. The van der Waals surface area contributed by atoms with E-state index < -0.39 is 11.6 Å². The van der Waals surface area contributed by atoms with Gasteiger partial charge in [0.1, 0.15) is 30.0 Å². The predicted octanol–water partition coefficient (Wildman–Crippen LogP) is 3.58. The first-order valence-electron chi connectivity index (χ1n) is 11.3. The highest BCUT2D eigenvalue weighted by atomic mass is 35.5. The molecule has 2 aromatic carbocycles. The molecular formula is C24H23ClF2N6O. The van der Waals surface area contributed by atoms with E-state index in [1.807, 2.05) is 0 Å². The van der Waals surface area contributed by atoms with Crippen molar-refractivity contribution in [1.29, 1.82) is 0 Å². The lowest BCUT2D eigenvalue weighted by atomic mass is 9.91. The fourth-order valence-corrected chi connectivity index (χ4v) is 5.29. The molecule has 0 spiro atoms. The summed E-state index contributed by atoms with van der Waals surface area (Å²) in [5, 5.41) is 6.16. The summed E-state index contributed by atoms with van der Waals surface area (Å²) in [6, 6.07) is 8.94. The number of urea groups is 1. The first-order chi connectivity index (χ1) is 16.4. The number of carbonyl (C=O) groups is 1. The minimum absolute atomic E-state index is 0.00825. The maximum Gasteiger partial charge on any atom is 0.322 e. The predicted molar refractivity (Wildman–Crippen MR) is 126 cm³/mol. The summed E-state index contributed by atoms with van der Waals surface area (Å²) in [6.45, 7) is 1.34. The Bertz CT molecular complexity index is 1260. The Morgan fingerprint density at radius 3 is 2.65 bits per heavy atom. The number of benzene rings is 2. The van der Waals surface area contributed by atoms with E-state index >= 15 is 4.39 Å². The average molecular weight is 485 g/mol. The molecule has 2 atom stereocenters. The lowest BCUT2D eigenvalue weighted by Gasteiger charge is -2.24. The Kier molecular flexibility index (Phi) is 4.91. The molecule has 6 rings (SSSR count). The zero-order valence-corrected chi connectivity index (χ0v) is 18.9. The Morgan fingerprint density at radius 1 is 1.09 bits per heavy atom. The van der Waals surface area contributed by atoms with Gasteiger partial charge in [0.05, 0.1) is 17.6 Å². The van der Waals surface area contributed by atoms with Gasteiger partial charge >= 0.3 is 6.03 Å². The summed E-state index contributed by atoms with van der Waals surface area (Å²) in [7, 11) is 0. The molecule has 3 aliphatic heterocycles. The van der Waals surface area contributed by atoms with Gasteiger partial charge < -0.3 is 21.3 Å². The van der Waals surface area contributed by atoms with Crippen molar-refractivity contribution in [1.82, 2.24) is 15.5 Å². The largest absolute Gasteiger partial charge is 0.384 e. The summed E-state index contributed by atoms with van der Waals surface area (Å²) in [5.74, 6) is 0.260. The van der Waals surface area contributed by atoms with Gasteiger partial charge in [-0.1, -0.05) is 23.7 Å². The van der Waals surface area contributed by atoms with Crippen LogP contribution < -0.4 is 21.3 Å². The summed E-state index contributed by atoms with van der Waals surface area (Å²) in [4.78, 5) is 20.7. The number of aliphatic imine (C=N–C) groups is 1. The maximum atomic E-state index is 15.5. The number of nitrogens with zero attached hydrogens (tertiary/aromatic N) is 3. The smallest absolute Gasteiger partial charge is 0.322 e. The summed E-state index contributed by atoms with van der Waals surface area (Å²) >= 11 is 5.90. The fraction of sp³-hybridized carbons (Fsp3) is 0.333. The number of halogens is 3. The number of hydrogen-bond donors (Lipinski definition) is 3. The van der Waals surface area contributed by atoms with Gasteiger partial charge in [-0.25, -0.2) is 18.6 Å². The molecule has 2 unspecified atom stereocenters. The maximum absolute atomic E-state index is 15.5. The van der Waals surface area contributed by atoms with E-state index in [1.165, 1.54) is 23.1 Å². The van der Waals surface area contributed by atoms with E-state index in [0.29, 0.717) is 41.9 Å². The molecule has 1 aliphatic carbocycles. The second-order valence-electron chi connectivity index (χ2n) is 9.07. The Labute approximate surface area is 200 Å². The molecule has 1 saturated heterocycles. The Hall–Kier alpha value is -3.33. The molecule has 34 heavy (non-hydrogen) atoms. The van der Waals surface area contributed by atoms with Crippen LogP contribution in [0.4, 0.5) is 19.3 Å². The number of amides is 2. The molecule has 176 valence electrons. The van der Waals surface area contributed by atoms with Crippen LogP contribution >= 0.6 is 11.6 Å². The molecule has 0 aromatic heterocycles. The SMILES string of the molecule is NC1=NCNC2=C1C(c1ccc(N3CC(c4ccc(F)c(Cl)c4)NC3=O)cc1F)CN2C1CC1. The third-order valence-electron chi connectivity index (χ3n) is 6.95. The van der Waals surface area contributed by atoms with Crippen LogP contribution in [0.5, 0.6) is 0 Å². The Morgan fingerprint density at radius 2 is 1.91 bits per heavy atom. The molecule has 3 heterocycles. The van der Waals surface area contributed by atoms with Crippen LogP contribution in [-0.2, 0) is 0 Å². The van der Waals surface area contributed by atoms with Crippen LogP contribution in [0.1, 0.15) is 35.9 Å². The summed E-state index contributed by atoms with van der Waals surface area (Å²) in [6.07, 6.45) is 2.24. The fourth-order valence-electron chi connectivity index (χ4n) is 5.10. The van der Waals surface area contributed by atoms with E-state index in [2.05, 4.69) is 20.5 Å². The third kappa shape index (κ3) is 3.46. The highest BCUT2D eigenvalue weighted by molar-refractivity contribution is 6.30. The topological polar surface area (TPSA) is 86.0 Å². The van der Waals surface area contributed by atoms with Crippen molar-refractivity contribution in [2.75, 3.05) is 24.7 Å². The van der Waals surface area contributed by atoms with Gasteiger partial charge in [-0.2, -0.15) is 0 Å². The molecule has 1 saturated carbocycles. The van der Waals surface area contributed by atoms with Crippen LogP contribution in [0.3, 0.4) is 0 Å². The van der Waals surface area contributed by atoms with Crippen molar-refractivity contribution >= 4 is 29.2 Å². The first-order valence-corrected chi connectivity index (χ1v) is 11.7. The average Bonchev–Trinajstić information content (AvgIpc) is 3.47. The summed E-state index contributed by atoms with van der Waals surface area (Å²) < 4.78 is 29.0. The van der Waals surface area contributed by atoms with Gasteiger partial charge in [0.25, 0.3) is 0 Å². The van der Waals surface area contributed by atoms with Crippen LogP contribution in [0.15, 0.2) is 52.8 Å². The quantitative estimate of drug-likeness (QED) is 0.619. The lowest BCUT2D eigenvalue weighted by Crippen LogP contribution is -2.35. The monoisotopic (exact) mass is 484 g/mol. The molecule has 4 aliphatic rings. The van der Waals surface area contributed by atoms with E-state index in [0.717, 1.165) is 24.2 Å². The van der Waals surface area contributed by atoms with Gasteiger partial charge in [0, 0.05) is 29.8 Å². The molecule has 7 nitrogen and oxygen atoms in total. The lowest BCUT2D eigenvalue weighted by molar-refractivity contribution is 0.251. The Balaban J connectivity index is 1.26. The van der Waals surface area contributed by atoms with Crippen molar-refractivity contribution in [2.24, 2.45) is 10.7 Å². The number of carbonyl (C=O) groups excluding carboxylic acids is 1. The van der Waals surface area contributed by atoms with Gasteiger partial charge in [0.2, 0.25) is 0 Å². The normalized spacial score (nSPS) is 24.2. The van der Waals surface area contributed by atoms with Crippen LogP contribution in [-0.4, -0.2) is 42.6 Å². The second-order valence-corrected chi connectivity index (χ2v) is 9.48. The van der Waals surface area contributed by atoms with E-state index in [9.17, 15) is 9.18 Å². The van der Waals surface area contributed by atoms with Crippen molar-refractivity contribution < 1.29 is 13.6 Å².